The number of nitrogens with one attached hydrogen (secondary N) is 1. The van der Waals surface area contributed by atoms with E-state index in [9.17, 15) is 0 Å². The highest BCUT2D eigenvalue weighted by atomic mass is 16.5. The second-order valence-corrected chi connectivity index (χ2v) is 3.63. The summed E-state index contributed by atoms with van der Waals surface area (Å²) in [7, 11) is 0. The summed E-state index contributed by atoms with van der Waals surface area (Å²) in [6, 6.07) is 0.265. The van der Waals surface area contributed by atoms with Crippen molar-refractivity contribution in [1.29, 1.82) is 0 Å². The number of hydrogen-bond donors (Lipinski definition) is 2. The lowest BCUT2D eigenvalue weighted by Crippen LogP contribution is -2.14. The maximum absolute atomic E-state index is 5.55. The molecule has 0 aliphatic carbocycles. The van der Waals surface area contributed by atoms with E-state index < -0.39 is 0 Å². The standard InChI is InChI=1S/C10H19N5O/c1-4-7(3)6-12-9-13-8(11)14-10(15-9)16-5-2/h7H,4-6H2,1-3H3,(H3,11,12,13,14,15). The molecule has 16 heavy (non-hydrogen) atoms. The zero-order valence-corrected chi connectivity index (χ0v) is 10.0. The van der Waals surface area contributed by atoms with E-state index in [0.29, 0.717) is 18.5 Å². The molecular weight excluding hydrogens is 206 g/mol. The molecule has 0 spiro atoms. The molecule has 0 aliphatic heterocycles. The molecule has 3 N–H and O–H groups in total. The van der Waals surface area contributed by atoms with Crippen LogP contribution in [0.4, 0.5) is 11.9 Å². The molecule has 0 aromatic carbocycles. The van der Waals surface area contributed by atoms with Crippen LogP contribution < -0.4 is 15.8 Å². The van der Waals surface area contributed by atoms with Gasteiger partial charge in [0.1, 0.15) is 0 Å². The summed E-state index contributed by atoms with van der Waals surface area (Å²) < 4.78 is 5.18. The third-order valence-corrected chi connectivity index (χ3v) is 2.21. The second kappa shape index (κ2) is 6.09. The monoisotopic (exact) mass is 225 g/mol. The van der Waals surface area contributed by atoms with Crippen molar-refractivity contribution in [3.05, 3.63) is 0 Å². The van der Waals surface area contributed by atoms with Gasteiger partial charge < -0.3 is 15.8 Å². The number of nitrogen functional groups attached to an aromatic ring is 1. The van der Waals surface area contributed by atoms with Crippen LogP contribution in [-0.2, 0) is 0 Å². The van der Waals surface area contributed by atoms with Gasteiger partial charge in [-0.3, -0.25) is 0 Å². The van der Waals surface area contributed by atoms with Crippen LogP contribution in [-0.4, -0.2) is 28.1 Å². The van der Waals surface area contributed by atoms with E-state index in [1.807, 2.05) is 6.92 Å². The number of hydrogen-bond acceptors (Lipinski definition) is 6. The van der Waals surface area contributed by atoms with Crippen molar-refractivity contribution in [3.63, 3.8) is 0 Å². The number of anilines is 2. The van der Waals surface area contributed by atoms with Crippen LogP contribution in [0.15, 0.2) is 0 Å². The Balaban J connectivity index is 2.64. The van der Waals surface area contributed by atoms with Crippen LogP contribution in [0.5, 0.6) is 6.01 Å². The van der Waals surface area contributed by atoms with Crippen LogP contribution in [0.2, 0.25) is 0 Å². The topological polar surface area (TPSA) is 86.0 Å². The molecule has 0 aliphatic rings. The maximum atomic E-state index is 5.55. The molecule has 1 aromatic rings. The molecule has 0 amide bonds. The van der Waals surface area contributed by atoms with Crippen molar-refractivity contribution >= 4 is 11.9 Å². The molecule has 1 rings (SSSR count). The first-order valence-electron chi connectivity index (χ1n) is 5.53. The summed E-state index contributed by atoms with van der Waals surface area (Å²) in [6.45, 7) is 7.48. The van der Waals surface area contributed by atoms with Gasteiger partial charge >= 0.3 is 6.01 Å². The van der Waals surface area contributed by atoms with Gasteiger partial charge in [-0.15, -0.1) is 0 Å². The van der Waals surface area contributed by atoms with Gasteiger partial charge in [0, 0.05) is 6.54 Å². The molecule has 6 heteroatoms. The molecular formula is C10H19N5O. The fraction of sp³-hybridized carbons (Fsp3) is 0.700. The molecule has 1 aromatic heterocycles. The zero-order chi connectivity index (χ0) is 12.0. The van der Waals surface area contributed by atoms with Crippen molar-refractivity contribution in [2.24, 2.45) is 5.92 Å². The zero-order valence-electron chi connectivity index (χ0n) is 10.0. The normalized spacial score (nSPS) is 12.2. The lowest BCUT2D eigenvalue weighted by Gasteiger charge is -2.10. The third kappa shape index (κ3) is 3.88. The predicted octanol–water partition coefficient (Wildman–Crippen LogP) is 1.31. The van der Waals surface area contributed by atoms with Gasteiger partial charge in [-0.2, -0.15) is 15.0 Å². The number of nitrogens with zero attached hydrogens (tertiary/aromatic N) is 3. The SMILES string of the molecule is CCOc1nc(N)nc(NCC(C)CC)n1. The fourth-order valence-electron chi connectivity index (χ4n) is 1.05. The molecule has 6 nitrogen and oxygen atoms in total. The minimum atomic E-state index is 0.171. The Morgan fingerprint density at radius 2 is 2.06 bits per heavy atom. The fourth-order valence-corrected chi connectivity index (χ4v) is 1.05. The van der Waals surface area contributed by atoms with Gasteiger partial charge in [-0.1, -0.05) is 20.3 Å². The van der Waals surface area contributed by atoms with Crippen molar-refractivity contribution in [3.8, 4) is 6.01 Å². The molecule has 0 bridgehead atoms. The minimum Gasteiger partial charge on any atom is -0.464 e. The number of rotatable bonds is 6. The highest BCUT2D eigenvalue weighted by Gasteiger charge is 2.05. The molecule has 1 heterocycles. The Kier molecular flexibility index (Phi) is 4.75. The summed E-state index contributed by atoms with van der Waals surface area (Å²) in [4.78, 5) is 11.9. The number of nitrogens with two attached hydrogens (primary N) is 1. The van der Waals surface area contributed by atoms with Gasteiger partial charge in [0.2, 0.25) is 11.9 Å². The first-order chi connectivity index (χ1) is 7.65. The average Bonchev–Trinajstić information content (AvgIpc) is 2.25. The summed E-state index contributed by atoms with van der Waals surface area (Å²) >= 11 is 0. The third-order valence-electron chi connectivity index (χ3n) is 2.21. The van der Waals surface area contributed by atoms with Crippen LogP contribution in [0.3, 0.4) is 0 Å². The molecule has 90 valence electrons. The van der Waals surface area contributed by atoms with Gasteiger partial charge in [0.15, 0.2) is 0 Å². The van der Waals surface area contributed by atoms with Crippen molar-refractivity contribution < 1.29 is 4.74 Å². The largest absolute Gasteiger partial charge is 0.464 e. The summed E-state index contributed by atoms with van der Waals surface area (Å²) in [5.74, 6) is 1.20. The maximum Gasteiger partial charge on any atom is 0.323 e. The lowest BCUT2D eigenvalue weighted by molar-refractivity contribution is 0.312. The Hall–Kier alpha value is -1.59. The number of ether oxygens (including phenoxy) is 1. The van der Waals surface area contributed by atoms with Crippen LogP contribution in [0.1, 0.15) is 27.2 Å². The lowest BCUT2D eigenvalue weighted by atomic mass is 10.1. The molecule has 0 fully saturated rings. The molecule has 0 saturated heterocycles. The van der Waals surface area contributed by atoms with E-state index in [-0.39, 0.29) is 12.0 Å². The smallest absolute Gasteiger partial charge is 0.323 e. The molecule has 0 saturated carbocycles. The highest BCUT2D eigenvalue weighted by Crippen LogP contribution is 2.10. The Morgan fingerprint density at radius 1 is 1.31 bits per heavy atom. The van der Waals surface area contributed by atoms with Crippen LogP contribution >= 0.6 is 0 Å². The van der Waals surface area contributed by atoms with E-state index in [0.717, 1.165) is 13.0 Å². The highest BCUT2D eigenvalue weighted by molar-refractivity contribution is 5.32. The summed E-state index contributed by atoms with van der Waals surface area (Å²) in [5, 5.41) is 3.11. The van der Waals surface area contributed by atoms with Gasteiger partial charge in [0.05, 0.1) is 6.61 Å². The van der Waals surface area contributed by atoms with Crippen LogP contribution in [0, 0.1) is 5.92 Å². The second-order valence-electron chi connectivity index (χ2n) is 3.63. The Morgan fingerprint density at radius 3 is 2.69 bits per heavy atom. The Bertz CT molecular complexity index is 331. The summed E-state index contributed by atoms with van der Waals surface area (Å²) in [5.41, 5.74) is 5.55. The van der Waals surface area contributed by atoms with Crippen LogP contribution in [0.25, 0.3) is 0 Å². The van der Waals surface area contributed by atoms with E-state index in [1.54, 1.807) is 0 Å². The van der Waals surface area contributed by atoms with E-state index in [4.69, 9.17) is 10.5 Å². The molecule has 1 unspecified atom stereocenters. The van der Waals surface area contributed by atoms with Crippen molar-refractivity contribution in [2.75, 3.05) is 24.2 Å². The predicted molar refractivity (Wildman–Crippen MR) is 63.4 cm³/mol. The minimum absolute atomic E-state index is 0.171. The number of aromatic nitrogens is 3. The quantitative estimate of drug-likeness (QED) is 0.759. The average molecular weight is 225 g/mol. The first kappa shape index (κ1) is 12.5. The van der Waals surface area contributed by atoms with E-state index in [1.165, 1.54) is 0 Å². The summed E-state index contributed by atoms with van der Waals surface area (Å²) in [6.07, 6.45) is 1.10. The van der Waals surface area contributed by atoms with Gasteiger partial charge in [-0.05, 0) is 12.8 Å². The molecule has 0 radical (unpaired) electrons. The van der Waals surface area contributed by atoms with E-state index >= 15 is 0 Å². The van der Waals surface area contributed by atoms with Crippen molar-refractivity contribution in [2.45, 2.75) is 27.2 Å². The van der Waals surface area contributed by atoms with Gasteiger partial charge in [0.25, 0.3) is 0 Å². The van der Waals surface area contributed by atoms with Crippen molar-refractivity contribution in [1.82, 2.24) is 15.0 Å². The molecule has 1 atom stereocenters. The van der Waals surface area contributed by atoms with Gasteiger partial charge in [-0.25, -0.2) is 0 Å². The van der Waals surface area contributed by atoms with E-state index in [2.05, 4.69) is 34.1 Å². The Labute approximate surface area is 95.6 Å². The first-order valence-corrected chi connectivity index (χ1v) is 5.53.